The van der Waals surface area contributed by atoms with Crippen molar-refractivity contribution in [3.63, 3.8) is 0 Å². The Morgan fingerprint density at radius 1 is 1.00 bits per heavy atom. The lowest BCUT2D eigenvalue weighted by molar-refractivity contribution is 0.0785. The van der Waals surface area contributed by atoms with Crippen molar-refractivity contribution in [3.05, 3.63) is 94.8 Å². The Hall–Kier alpha value is -2.90. The quantitative estimate of drug-likeness (QED) is 0.621. The molecular formula is C21H18ClFN2O3S. The summed E-state index contributed by atoms with van der Waals surface area (Å²) < 4.78 is 40.8. The molecule has 0 radical (unpaired) electrons. The monoisotopic (exact) mass is 432 g/mol. The highest BCUT2D eigenvalue weighted by Crippen LogP contribution is 2.20. The maximum Gasteiger partial charge on any atom is 0.261 e. The zero-order valence-electron chi connectivity index (χ0n) is 15.5. The van der Waals surface area contributed by atoms with Gasteiger partial charge in [0, 0.05) is 24.2 Å². The van der Waals surface area contributed by atoms with Crippen LogP contribution >= 0.6 is 11.6 Å². The minimum atomic E-state index is -3.98. The van der Waals surface area contributed by atoms with Gasteiger partial charge in [0.1, 0.15) is 5.82 Å². The van der Waals surface area contributed by atoms with Gasteiger partial charge in [-0.05, 0) is 54.1 Å². The second-order valence-electron chi connectivity index (χ2n) is 6.40. The Morgan fingerprint density at radius 2 is 1.62 bits per heavy atom. The first-order valence-electron chi connectivity index (χ1n) is 8.63. The fraction of sp³-hybridized carbons (Fsp3) is 0.0952. The van der Waals surface area contributed by atoms with Gasteiger partial charge in [0.15, 0.2) is 0 Å². The van der Waals surface area contributed by atoms with Gasteiger partial charge in [-0.15, -0.1) is 0 Å². The van der Waals surface area contributed by atoms with Gasteiger partial charge in [-0.2, -0.15) is 0 Å². The molecule has 0 aromatic heterocycles. The number of hydrogen-bond acceptors (Lipinski definition) is 3. The highest BCUT2D eigenvalue weighted by Gasteiger charge is 2.18. The van der Waals surface area contributed by atoms with E-state index >= 15 is 0 Å². The first-order valence-corrected chi connectivity index (χ1v) is 10.5. The molecule has 0 heterocycles. The highest BCUT2D eigenvalue weighted by molar-refractivity contribution is 7.92. The molecule has 8 heteroatoms. The molecule has 3 aromatic rings. The van der Waals surface area contributed by atoms with Gasteiger partial charge in [-0.25, -0.2) is 12.8 Å². The van der Waals surface area contributed by atoms with Gasteiger partial charge in [0.2, 0.25) is 0 Å². The Kier molecular flexibility index (Phi) is 6.20. The minimum Gasteiger partial charge on any atom is -0.337 e. The van der Waals surface area contributed by atoms with Gasteiger partial charge >= 0.3 is 0 Å². The lowest BCUT2D eigenvalue weighted by atomic mass is 10.1. The van der Waals surface area contributed by atoms with Crippen molar-refractivity contribution in [3.8, 4) is 0 Å². The second-order valence-corrected chi connectivity index (χ2v) is 8.52. The third-order valence-corrected chi connectivity index (χ3v) is 5.84. The fourth-order valence-electron chi connectivity index (χ4n) is 2.68. The molecule has 1 N–H and O–H groups in total. The van der Waals surface area contributed by atoms with Gasteiger partial charge < -0.3 is 4.90 Å². The second kappa shape index (κ2) is 8.63. The van der Waals surface area contributed by atoms with Crippen LogP contribution in [-0.2, 0) is 16.6 Å². The molecular weight excluding hydrogens is 415 g/mol. The molecule has 3 aromatic carbocycles. The molecule has 0 fully saturated rings. The van der Waals surface area contributed by atoms with Crippen molar-refractivity contribution >= 4 is 33.2 Å². The number of halogens is 2. The predicted octanol–water partition coefficient (Wildman–Crippen LogP) is 4.55. The van der Waals surface area contributed by atoms with Crippen molar-refractivity contribution in [1.82, 2.24) is 4.90 Å². The van der Waals surface area contributed by atoms with Crippen LogP contribution in [0.3, 0.4) is 0 Å². The number of benzene rings is 3. The number of rotatable bonds is 6. The molecule has 0 spiro atoms. The van der Waals surface area contributed by atoms with Crippen molar-refractivity contribution in [2.75, 3.05) is 11.8 Å². The molecule has 0 aliphatic carbocycles. The van der Waals surface area contributed by atoms with Crippen molar-refractivity contribution in [2.45, 2.75) is 11.4 Å². The van der Waals surface area contributed by atoms with Crippen LogP contribution in [0, 0.1) is 5.82 Å². The summed E-state index contributed by atoms with van der Waals surface area (Å²) in [7, 11) is -2.32. The summed E-state index contributed by atoms with van der Waals surface area (Å²) in [5.41, 5.74) is 1.11. The molecule has 0 unspecified atom stereocenters. The number of amides is 1. The van der Waals surface area contributed by atoms with E-state index in [0.29, 0.717) is 17.1 Å². The molecule has 0 saturated heterocycles. The maximum atomic E-state index is 13.7. The van der Waals surface area contributed by atoms with Crippen LogP contribution < -0.4 is 4.72 Å². The van der Waals surface area contributed by atoms with Crippen LogP contribution in [0.25, 0.3) is 0 Å². The Labute approximate surface area is 173 Å². The zero-order chi connectivity index (χ0) is 21.0. The van der Waals surface area contributed by atoms with Gasteiger partial charge in [-0.1, -0.05) is 35.9 Å². The van der Waals surface area contributed by atoms with E-state index in [-0.39, 0.29) is 16.5 Å². The van der Waals surface area contributed by atoms with Crippen LogP contribution in [0.5, 0.6) is 0 Å². The average Bonchev–Trinajstić information content (AvgIpc) is 2.71. The number of para-hydroxylation sites is 1. The maximum absolute atomic E-state index is 13.7. The molecule has 150 valence electrons. The number of nitrogens with zero attached hydrogens (tertiary/aromatic N) is 1. The third-order valence-electron chi connectivity index (χ3n) is 4.21. The molecule has 29 heavy (non-hydrogen) atoms. The van der Waals surface area contributed by atoms with Crippen LogP contribution in [0.15, 0.2) is 77.7 Å². The van der Waals surface area contributed by atoms with Crippen molar-refractivity contribution in [1.29, 1.82) is 0 Å². The lowest BCUT2D eigenvalue weighted by Gasteiger charge is -2.17. The number of nitrogens with one attached hydrogen (secondary N) is 1. The van der Waals surface area contributed by atoms with E-state index in [1.807, 2.05) is 12.1 Å². The van der Waals surface area contributed by atoms with Crippen molar-refractivity contribution in [2.24, 2.45) is 0 Å². The normalized spacial score (nSPS) is 11.1. The molecule has 0 bridgehead atoms. The lowest BCUT2D eigenvalue weighted by Crippen LogP contribution is -2.26. The summed E-state index contributed by atoms with van der Waals surface area (Å²) in [4.78, 5) is 14.0. The largest absolute Gasteiger partial charge is 0.337 e. The molecule has 3 rings (SSSR count). The fourth-order valence-corrected chi connectivity index (χ4v) is 3.87. The van der Waals surface area contributed by atoms with E-state index in [9.17, 15) is 17.6 Å². The number of anilines is 1. The SMILES string of the molecule is CN(Cc1ccc(Cl)cc1)C(=O)c1ccc(S(=O)(=O)Nc2ccccc2F)cc1. The van der Waals surface area contributed by atoms with Crippen LogP contribution in [0.4, 0.5) is 10.1 Å². The van der Waals surface area contributed by atoms with Crippen LogP contribution in [0.1, 0.15) is 15.9 Å². The minimum absolute atomic E-state index is 0.0716. The summed E-state index contributed by atoms with van der Waals surface area (Å²) in [6.45, 7) is 0.380. The molecule has 0 atom stereocenters. The third kappa shape index (κ3) is 5.13. The standard InChI is InChI=1S/C21H18ClFN2O3S/c1-25(14-15-6-10-17(22)11-7-15)21(26)16-8-12-18(13-9-16)29(27,28)24-20-5-3-2-4-19(20)23/h2-13,24H,14H2,1H3. The molecule has 5 nitrogen and oxygen atoms in total. The predicted molar refractivity (Wildman–Crippen MR) is 111 cm³/mol. The van der Waals surface area contributed by atoms with Crippen LogP contribution in [0.2, 0.25) is 5.02 Å². The Balaban J connectivity index is 1.72. The topological polar surface area (TPSA) is 66.5 Å². The van der Waals surface area contributed by atoms with Gasteiger partial charge in [0.25, 0.3) is 15.9 Å². The van der Waals surface area contributed by atoms with Crippen LogP contribution in [-0.4, -0.2) is 26.3 Å². The van der Waals surface area contributed by atoms with Gasteiger partial charge in [0.05, 0.1) is 10.6 Å². The zero-order valence-corrected chi connectivity index (χ0v) is 17.0. The molecule has 1 amide bonds. The van der Waals surface area contributed by atoms with E-state index in [2.05, 4.69) is 4.72 Å². The molecule has 0 aliphatic heterocycles. The van der Waals surface area contributed by atoms with Gasteiger partial charge in [-0.3, -0.25) is 9.52 Å². The number of sulfonamides is 1. The Bertz CT molecular complexity index is 1120. The van der Waals surface area contributed by atoms with Crippen molar-refractivity contribution < 1.29 is 17.6 Å². The molecule has 0 aliphatic rings. The highest BCUT2D eigenvalue weighted by atomic mass is 35.5. The Morgan fingerprint density at radius 3 is 2.24 bits per heavy atom. The summed E-state index contributed by atoms with van der Waals surface area (Å²) in [6.07, 6.45) is 0. The summed E-state index contributed by atoms with van der Waals surface area (Å²) in [5, 5.41) is 0.614. The summed E-state index contributed by atoms with van der Waals surface area (Å²) in [5.74, 6) is -0.933. The van der Waals surface area contributed by atoms with E-state index in [4.69, 9.17) is 11.6 Å². The first-order chi connectivity index (χ1) is 13.8. The smallest absolute Gasteiger partial charge is 0.261 e. The number of hydrogen-bond donors (Lipinski definition) is 1. The average molecular weight is 433 g/mol. The molecule has 0 saturated carbocycles. The van der Waals surface area contributed by atoms with E-state index in [1.165, 1.54) is 47.4 Å². The van der Waals surface area contributed by atoms with E-state index in [0.717, 1.165) is 11.6 Å². The number of carbonyl (C=O) groups is 1. The van der Waals surface area contributed by atoms with E-state index < -0.39 is 15.8 Å². The summed E-state index contributed by atoms with van der Waals surface area (Å²) >= 11 is 5.86. The first kappa shape index (κ1) is 20.8. The van der Waals surface area contributed by atoms with E-state index in [1.54, 1.807) is 19.2 Å². The number of carbonyl (C=O) groups excluding carboxylic acids is 1. The summed E-state index contributed by atoms with van der Waals surface area (Å²) in [6, 6.07) is 18.1.